The molecule has 7 heteroatoms. The van der Waals surface area contributed by atoms with Crippen molar-refractivity contribution >= 4 is 34.3 Å². The Kier molecular flexibility index (Phi) is 4.68. The molecule has 1 amide bonds. The molecule has 1 aliphatic heterocycles. The molecule has 1 aromatic carbocycles. The molecule has 0 radical (unpaired) electrons. The number of hydroxylamine groups is 2. The number of hydrogen-bond acceptors (Lipinski definition) is 5. The average molecular weight is 301 g/mol. The number of hydrogen-bond donors (Lipinski definition) is 1. The van der Waals surface area contributed by atoms with Gasteiger partial charge in [0.05, 0.1) is 6.54 Å². The van der Waals surface area contributed by atoms with Crippen molar-refractivity contribution in [1.29, 1.82) is 0 Å². The van der Waals surface area contributed by atoms with Crippen LogP contribution in [0, 0.1) is 0 Å². The third-order valence-corrected chi connectivity index (χ3v) is 3.78. The fourth-order valence-corrected chi connectivity index (χ4v) is 2.71. The van der Waals surface area contributed by atoms with E-state index in [-0.39, 0.29) is 16.9 Å². The fraction of sp³-hybridized carbons (Fsp3) is 0.333. The molecule has 1 heterocycles. The normalized spacial score (nSPS) is 22.0. The van der Waals surface area contributed by atoms with Crippen LogP contribution in [0.2, 0.25) is 5.02 Å². The lowest BCUT2D eigenvalue weighted by molar-refractivity contribution is -0.184. The molecule has 1 N–H and O–H groups in total. The average Bonchev–Trinajstić information content (AvgIpc) is 2.39. The van der Waals surface area contributed by atoms with E-state index >= 15 is 0 Å². The Bertz CT molecular complexity index is 510. The van der Waals surface area contributed by atoms with Gasteiger partial charge in [-0.25, -0.2) is 5.06 Å². The second-order valence-electron chi connectivity index (χ2n) is 4.10. The molecule has 102 valence electrons. The lowest BCUT2D eigenvalue weighted by atomic mass is 10.2. The summed E-state index contributed by atoms with van der Waals surface area (Å²) in [6.07, 6.45) is 0. The maximum absolute atomic E-state index is 11.9. The standard InChI is InChI=1S/C12H13ClN2O3S/c1-8-6-15(12(16)11(14-17)19-8)18-7-9-3-2-4-10(13)5-9/h2-5,8,17H,6-7H2,1H3. The van der Waals surface area contributed by atoms with Gasteiger partial charge >= 0.3 is 5.91 Å². The van der Waals surface area contributed by atoms with E-state index in [0.29, 0.717) is 11.6 Å². The number of thioether (sulfide) groups is 1. The molecule has 1 unspecified atom stereocenters. The molecule has 1 saturated heterocycles. The van der Waals surface area contributed by atoms with Crippen molar-refractivity contribution in [3.8, 4) is 0 Å². The summed E-state index contributed by atoms with van der Waals surface area (Å²) in [7, 11) is 0. The SMILES string of the molecule is CC1CN(OCc2cccc(Cl)c2)C(=O)C(=NO)S1. The van der Waals surface area contributed by atoms with E-state index in [1.807, 2.05) is 19.1 Å². The van der Waals surface area contributed by atoms with Crippen LogP contribution in [0.15, 0.2) is 29.4 Å². The number of carbonyl (C=O) groups is 1. The number of rotatable bonds is 3. The van der Waals surface area contributed by atoms with E-state index < -0.39 is 5.91 Å². The Morgan fingerprint density at radius 3 is 3.11 bits per heavy atom. The van der Waals surface area contributed by atoms with Crippen molar-refractivity contribution in [3.05, 3.63) is 34.9 Å². The first-order chi connectivity index (χ1) is 9.10. The molecule has 1 atom stereocenters. The van der Waals surface area contributed by atoms with Crippen molar-refractivity contribution in [1.82, 2.24) is 5.06 Å². The minimum Gasteiger partial charge on any atom is -0.410 e. The predicted molar refractivity (Wildman–Crippen MR) is 74.2 cm³/mol. The smallest absolute Gasteiger partial charge is 0.306 e. The van der Waals surface area contributed by atoms with E-state index in [9.17, 15) is 4.79 Å². The second-order valence-corrected chi connectivity index (χ2v) is 5.97. The lowest BCUT2D eigenvalue weighted by Gasteiger charge is -2.29. The van der Waals surface area contributed by atoms with Gasteiger partial charge in [-0.05, 0) is 17.7 Å². The van der Waals surface area contributed by atoms with Gasteiger partial charge in [-0.2, -0.15) is 0 Å². The molecule has 5 nitrogen and oxygen atoms in total. The summed E-state index contributed by atoms with van der Waals surface area (Å²) in [5.41, 5.74) is 0.869. The molecule has 0 bridgehead atoms. The highest BCUT2D eigenvalue weighted by Crippen LogP contribution is 2.22. The molecule has 0 saturated carbocycles. The van der Waals surface area contributed by atoms with E-state index in [4.69, 9.17) is 21.6 Å². The summed E-state index contributed by atoms with van der Waals surface area (Å²) < 4.78 is 0. The topological polar surface area (TPSA) is 62.1 Å². The molecule has 0 aromatic heterocycles. The zero-order chi connectivity index (χ0) is 13.8. The van der Waals surface area contributed by atoms with Gasteiger partial charge in [-0.1, -0.05) is 47.6 Å². The van der Waals surface area contributed by atoms with Crippen LogP contribution >= 0.6 is 23.4 Å². The van der Waals surface area contributed by atoms with Crippen LogP contribution in [0.25, 0.3) is 0 Å². The zero-order valence-corrected chi connectivity index (χ0v) is 11.8. The number of benzene rings is 1. The highest BCUT2D eigenvalue weighted by molar-refractivity contribution is 8.16. The Labute approximate surface area is 120 Å². The molecule has 19 heavy (non-hydrogen) atoms. The summed E-state index contributed by atoms with van der Waals surface area (Å²) in [6, 6.07) is 7.22. The minimum atomic E-state index is -0.423. The first kappa shape index (κ1) is 14.2. The Morgan fingerprint density at radius 2 is 2.42 bits per heavy atom. The van der Waals surface area contributed by atoms with Gasteiger partial charge in [-0.3, -0.25) is 9.63 Å². The maximum atomic E-state index is 11.9. The highest BCUT2D eigenvalue weighted by Gasteiger charge is 2.31. The number of oxime groups is 1. The second kappa shape index (κ2) is 6.27. The molecule has 1 aromatic rings. The predicted octanol–water partition coefficient (Wildman–Crippen LogP) is 2.52. The van der Waals surface area contributed by atoms with E-state index in [1.165, 1.54) is 16.8 Å². The quantitative estimate of drug-likeness (QED) is 0.688. The summed E-state index contributed by atoms with van der Waals surface area (Å²) in [5.74, 6) is -0.423. The van der Waals surface area contributed by atoms with Crippen LogP contribution < -0.4 is 0 Å². The van der Waals surface area contributed by atoms with E-state index in [1.54, 1.807) is 12.1 Å². The third kappa shape index (κ3) is 3.62. The Morgan fingerprint density at radius 1 is 1.63 bits per heavy atom. The summed E-state index contributed by atoms with van der Waals surface area (Å²) in [5, 5.41) is 13.7. The van der Waals surface area contributed by atoms with Crippen LogP contribution in [0.3, 0.4) is 0 Å². The first-order valence-corrected chi connectivity index (χ1v) is 6.94. The van der Waals surface area contributed by atoms with Gasteiger partial charge in [0, 0.05) is 10.3 Å². The lowest BCUT2D eigenvalue weighted by Crippen LogP contribution is -2.44. The van der Waals surface area contributed by atoms with Crippen molar-refractivity contribution in [2.75, 3.05) is 6.54 Å². The maximum Gasteiger partial charge on any atom is 0.306 e. The van der Waals surface area contributed by atoms with Crippen molar-refractivity contribution < 1.29 is 14.8 Å². The Hall–Kier alpha value is -1.24. The monoisotopic (exact) mass is 300 g/mol. The van der Waals surface area contributed by atoms with Crippen molar-refractivity contribution in [3.63, 3.8) is 0 Å². The molecular formula is C12H13ClN2O3S. The fourth-order valence-electron chi connectivity index (χ4n) is 1.66. The summed E-state index contributed by atoms with van der Waals surface area (Å²) in [4.78, 5) is 17.3. The third-order valence-electron chi connectivity index (χ3n) is 2.51. The van der Waals surface area contributed by atoms with Crippen molar-refractivity contribution in [2.45, 2.75) is 18.8 Å². The van der Waals surface area contributed by atoms with Gasteiger partial charge < -0.3 is 5.21 Å². The molecule has 1 aliphatic rings. The van der Waals surface area contributed by atoms with Gasteiger partial charge in [0.15, 0.2) is 0 Å². The summed E-state index contributed by atoms with van der Waals surface area (Å²) >= 11 is 7.10. The molecule has 2 rings (SSSR count). The minimum absolute atomic E-state index is 0.0462. The highest BCUT2D eigenvalue weighted by atomic mass is 35.5. The molecular weight excluding hydrogens is 288 g/mol. The van der Waals surface area contributed by atoms with Crippen LogP contribution in [-0.4, -0.2) is 33.0 Å². The molecule has 0 aliphatic carbocycles. The van der Waals surface area contributed by atoms with E-state index in [2.05, 4.69) is 5.16 Å². The largest absolute Gasteiger partial charge is 0.410 e. The number of carbonyl (C=O) groups excluding carboxylic acids is 1. The Balaban J connectivity index is 2.00. The van der Waals surface area contributed by atoms with Crippen LogP contribution in [0.5, 0.6) is 0 Å². The van der Waals surface area contributed by atoms with Gasteiger partial charge in [0.2, 0.25) is 5.04 Å². The van der Waals surface area contributed by atoms with Crippen LogP contribution in [-0.2, 0) is 16.2 Å². The van der Waals surface area contributed by atoms with Crippen molar-refractivity contribution in [2.24, 2.45) is 5.16 Å². The molecule has 0 spiro atoms. The van der Waals surface area contributed by atoms with Gasteiger partial charge in [0.25, 0.3) is 0 Å². The van der Waals surface area contributed by atoms with Crippen LogP contribution in [0.4, 0.5) is 0 Å². The zero-order valence-electron chi connectivity index (χ0n) is 10.2. The molecule has 1 fully saturated rings. The number of nitrogens with zero attached hydrogens (tertiary/aromatic N) is 2. The summed E-state index contributed by atoms with van der Waals surface area (Å²) in [6.45, 7) is 2.61. The van der Waals surface area contributed by atoms with Crippen LogP contribution in [0.1, 0.15) is 12.5 Å². The number of halogens is 1. The number of amides is 1. The van der Waals surface area contributed by atoms with E-state index in [0.717, 1.165) is 5.56 Å². The first-order valence-electron chi connectivity index (χ1n) is 5.68. The van der Waals surface area contributed by atoms with Gasteiger partial charge in [-0.15, -0.1) is 0 Å². The van der Waals surface area contributed by atoms with Gasteiger partial charge in [0.1, 0.15) is 6.61 Å².